The fraction of sp³-hybridized carbons (Fsp3) is 0.467. The van der Waals surface area contributed by atoms with Gasteiger partial charge in [0, 0.05) is 26.7 Å². The van der Waals surface area contributed by atoms with Gasteiger partial charge in [-0.1, -0.05) is 16.8 Å². The van der Waals surface area contributed by atoms with E-state index in [1.807, 2.05) is 11.9 Å². The van der Waals surface area contributed by atoms with Crippen molar-refractivity contribution in [1.82, 2.24) is 20.0 Å². The second-order valence-electron chi connectivity index (χ2n) is 5.61. The number of halogens is 1. The van der Waals surface area contributed by atoms with Crippen molar-refractivity contribution in [2.24, 2.45) is 0 Å². The van der Waals surface area contributed by atoms with Crippen molar-refractivity contribution in [3.05, 3.63) is 35.1 Å². The summed E-state index contributed by atoms with van der Waals surface area (Å²) in [7, 11) is 1.83. The van der Waals surface area contributed by atoms with E-state index in [0.717, 1.165) is 12.8 Å². The number of likely N-dealkylation sites (tertiary alicyclic amines) is 1. The summed E-state index contributed by atoms with van der Waals surface area (Å²) in [6.45, 7) is 2.69. The molecule has 0 spiro atoms. The van der Waals surface area contributed by atoms with Crippen molar-refractivity contribution >= 4 is 23.3 Å². The van der Waals surface area contributed by atoms with E-state index in [2.05, 4.69) is 15.1 Å². The van der Waals surface area contributed by atoms with Crippen LogP contribution in [0.5, 0.6) is 0 Å². The van der Waals surface area contributed by atoms with Gasteiger partial charge in [0.2, 0.25) is 11.8 Å². The fourth-order valence-electron chi connectivity index (χ4n) is 2.75. The van der Waals surface area contributed by atoms with Crippen molar-refractivity contribution in [2.75, 3.05) is 25.0 Å². The lowest BCUT2D eigenvalue weighted by Crippen LogP contribution is -2.39. The number of pyridine rings is 1. The van der Waals surface area contributed by atoms with Crippen molar-refractivity contribution in [1.29, 1.82) is 0 Å². The van der Waals surface area contributed by atoms with Gasteiger partial charge < -0.3 is 14.3 Å². The first-order valence-corrected chi connectivity index (χ1v) is 7.85. The van der Waals surface area contributed by atoms with Gasteiger partial charge in [-0.3, -0.25) is 4.79 Å². The number of amides is 1. The topological polar surface area (TPSA) is 75.4 Å². The molecule has 1 aliphatic heterocycles. The SMILES string of the molecule is Cc1nc([C@@H]2CCCN2C(=O)CN(C)c2ccc(Cl)cn2)no1. The van der Waals surface area contributed by atoms with E-state index in [4.69, 9.17) is 16.1 Å². The van der Waals surface area contributed by atoms with Gasteiger partial charge in [0.1, 0.15) is 5.82 Å². The molecule has 122 valence electrons. The van der Waals surface area contributed by atoms with Gasteiger partial charge in [-0.2, -0.15) is 4.98 Å². The molecule has 1 fully saturated rings. The van der Waals surface area contributed by atoms with Crippen LogP contribution in [-0.2, 0) is 4.79 Å². The zero-order valence-corrected chi connectivity index (χ0v) is 13.8. The first-order valence-electron chi connectivity index (χ1n) is 7.47. The van der Waals surface area contributed by atoms with Gasteiger partial charge in [0.05, 0.1) is 17.6 Å². The van der Waals surface area contributed by atoms with E-state index in [1.165, 1.54) is 0 Å². The first kappa shape index (κ1) is 15.7. The summed E-state index contributed by atoms with van der Waals surface area (Å²) in [5.41, 5.74) is 0. The zero-order chi connectivity index (χ0) is 16.4. The van der Waals surface area contributed by atoms with E-state index in [-0.39, 0.29) is 18.5 Å². The molecule has 0 N–H and O–H groups in total. The van der Waals surface area contributed by atoms with E-state index in [1.54, 1.807) is 30.2 Å². The average molecular weight is 336 g/mol. The van der Waals surface area contributed by atoms with Gasteiger partial charge in [-0.25, -0.2) is 4.98 Å². The molecule has 1 atom stereocenters. The number of anilines is 1. The number of nitrogens with zero attached hydrogens (tertiary/aromatic N) is 5. The first-order chi connectivity index (χ1) is 11.0. The minimum atomic E-state index is -0.105. The normalized spacial score (nSPS) is 17.5. The molecule has 7 nitrogen and oxygen atoms in total. The summed E-state index contributed by atoms with van der Waals surface area (Å²) < 4.78 is 5.03. The van der Waals surface area contributed by atoms with Crippen LogP contribution in [0.3, 0.4) is 0 Å². The van der Waals surface area contributed by atoms with Gasteiger partial charge in [-0.05, 0) is 25.0 Å². The Balaban J connectivity index is 1.68. The lowest BCUT2D eigenvalue weighted by atomic mass is 10.2. The van der Waals surface area contributed by atoms with Crippen LogP contribution in [0.2, 0.25) is 5.02 Å². The molecule has 2 aromatic heterocycles. The molecule has 3 heterocycles. The van der Waals surface area contributed by atoms with Gasteiger partial charge in [-0.15, -0.1) is 0 Å². The third-order valence-electron chi connectivity index (χ3n) is 3.89. The Hall–Kier alpha value is -2.15. The van der Waals surface area contributed by atoms with Crippen LogP contribution in [0.15, 0.2) is 22.9 Å². The standard InChI is InChI=1S/C15H18ClN5O2/c1-10-18-15(19-23-10)12-4-3-7-21(12)14(22)9-20(2)13-6-5-11(16)8-17-13/h5-6,8,12H,3-4,7,9H2,1-2H3/t12-/m0/s1. The van der Waals surface area contributed by atoms with Crippen molar-refractivity contribution < 1.29 is 9.32 Å². The minimum Gasteiger partial charge on any atom is -0.350 e. The number of hydrogen-bond acceptors (Lipinski definition) is 6. The maximum absolute atomic E-state index is 12.6. The summed E-state index contributed by atoms with van der Waals surface area (Å²) in [5, 5.41) is 4.53. The molecule has 1 aliphatic rings. The molecule has 0 saturated carbocycles. The highest BCUT2D eigenvalue weighted by molar-refractivity contribution is 6.30. The Kier molecular flexibility index (Phi) is 4.47. The van der Waals surface area contributed by atoms with Gasteiger partial charge in [0.25, 0.3) is 0 Å². The second kappa shape index (κ2) is 6.54. The zero-order valence-electron chi connectivity index (χ0n) is 13.1. The molecule has 0 aromatic carbocycles. The molecular formula is C15H18ClN5O2. The number of rotatable bonds is 4. The van der Waals surface area contributed by atoms with E-state index in [0.29, 0.717) is 29.1 Å². The number of likely N-dealkylation sites (N-methyl/N-ethyl adjacent to an activating group) is 1. The largest absolute Gasteiger partial charge is 0.350 e. The number of aryl methyl sites for hydroxylation is 1. The smallest absolute Gasteiger partial charge is 0.242 e. The summed E-state index contributed by atoms with van der Waals surface area (Å²) >= 11 is 5.84. The van der Waals surface area contributed by atoms with E-state index >= 15 is 0 Å². The van der Waals surface area contributed by atoms with Gasteiger partial charge in [0.15, 0.2) is 5.82 Å². The lowest BCUT2D eigenvalue weighted by molar-refractivity contribution is -0.130. The summed E-state index contributed by atoms with van der Waals surface area (Å²) in [5.74, 6) is 1.82. The van der Waals surface area contributed by atoms with Crippen LogP contribution >= 0.6 is 11.6 Å². The highest BCUT2D eigenvalue weighted by Gasteiger charge is 2.33. The molecule has 1 saturated heterocycles. The van der Waals surface area contributed by atoms with E-state index < -0.39 is 0 Å². The summed E-state index contributed by atoms with van der Waals surface area (Å²) in [6, 6.07) is 3.44. The third-order valence-corrected chi connectivity index (χ3v) is 4.11. The maximum Gasteiger partial charge on any atom is 0.242 e. The fourth-order valence-corrected chi connectivity index (χ4v) is 2.86. The molecule has 2 aromatic rings. The number of carbonyl (C=O) groups is 1. The van der Waals surface area contributed by atoms with Crippen LogP contribution in [-0.4, -0.2) is 46.1 Å². The summed E-state index contributed by atoms with van der Waals surface area (Å²) in [4.78, 5) is 24.7. The molecule has 0 unspecified atom stereocenters. The van der Waals surface area contributed by atoms with Crippen molar-refractivity contribution in [2.45, 2.75) is 25.8 Å². The van der Waals surface area contributed by atoms with Crippen LogP contribution in [0.1, 0.15) is 30.6 Å². The van der Waals surface area contributed by atoms with Crippen LogP contribution in [0, 0.1) is 6.92 Å². The molecule has 0 radical (unpaired) electrons. The maximum atomic E-state index is 12.6. The van der Waals surface area contributed by atoms with Crippen molar-refractivity contribution in [3.8, 4) is 0 Å². The number of hydrogen-bond donors (Lipinski definition) is 0. The molecule has 0 aliphatic carbocycles. The molecule has 1 amide bonds. The Bertz CT molecular complexity index is 687. The molecule has 8 heteroatoms. The van der Waals surface area contributed by atoms with Crippen LogP contribution in [0.4, 0.5) is 5.82 Å². The third kappa shape index (κ3) is 3.44. The molecular weight excluding hydrogens is 318 g/mol. The second-order valence-corrected chi connectivity index (χ2v) is 6.04. The molecule has 0 bridgehead atoms. The monoisotopic (exact) mass is 335 g/mol. The quantitative estimate of drug-likeness (QED) is 0.852. The number of aromatic nitrogens is 3. The highest BCUT2D eigenvalue weighted by atomic mass is 35.5. The van der Waals surface area contributed by atoms with E-state index in [9.17, 15) is 4.79 Å². The molecule has 3 rings (SSSR count). The highest BCUT2D eigenvalue weighted by Crippen LogP contribution is 2.30. The Morgan fingerprint density at radius 1 is 1.52 bits per heavy atom. The van der Waals surface area contributed by atoms with Crippen LogP contribution in [0.25, 0.3) is 0 Å². The predicted octanol–water partition coefficient (Wildman–Crippen LogP) is 2.23. The Labute approximate surface area is 139 Å². The summed E-state index contributed by atoms with van der Waals surface area (Å²) in [6.07, 6.45) is 3.36. The van der Waals surface area contributed by atoms with Crippen LogP contribution < -0.4 is 4.90 Å². The molecule has 23 heavy (non-hydrogen) atoms. The average Bonchev–Trinajstić information content (AvgIpc) is 3.16. The Morgan fingerprint density at radius 3 is 3.00 bits per heavy atom. The minimum absolute atomic E-state index is 0.0224. The lowest BCUT2D eigenvalue weighted by Gasteiger charge is -2.25. The van der Waals surface area contributed by atoms with Crippen molar-refractivity contribution in [3.63, 3.8) is 0 Å². The van der Waals surface area contributed by atoms with Gasteiger partial charge >= 0.3 is 0 Å². The number of carbonyl (C=O) groups excluding carboxylic acids is 1. The Morgan fingerprint density at radius 2 is 2.35 bits per heavy atom. The predicted molar refractivity (Wildman–Crippen MR) is 85.2 cm³/mol.